The van der Waals surface area contributed by atoms with E-state index in [9.17, 15) is 0 Å². The molecule has 0 aliphatic heterocycles. The van der Waals surface area contributed by atoms with Crippen LogP contribution in [-0.4, -0.2) is 15.6 Å². The number of hydrogen-bond acceptors (Lipinski definition) is 2. The molecule has 0 radical (unpaired) electrons. The van der Waals surface area contributed by atoms with Crippen LogP contribution in [0.4, 0.5) is 0 Å². The van der Waals surface area contributed by atoms with E-state index in [1.165, 1.54) is 0 Å². The summed E-state index contributed by atoms with van der Waals surface area (Å²) in [6.45, 7) is 2.65. The Labute approximate surface area is 102 Å². The highest BCUT2D eigenvalue weighted by Gasteiger charge is 2.06. The van der Waals surface area contributed by atoms with Gasteiger partial charge in [0.25, 0.3) is 0 Å². The quantitative estimate of drug-likeness (QED) is 0.813. The van der Waals surface area contributed by atoms with Crippen LogP contribution in [-0.2, 0) is 6.54 Å². The van der Waals surface area contributed by atoms with Crippen LogP contribution < -0.4 is 5.73 Å². The van der Waals surface area contributed by atoms with E-state index < -0.39 is 0 Å². The van der Waals surface area contributed by atoms with Crippen molar-refractivity contribution in [1.29, 1.82) is 0 Å². The Balaban J connectivity index is 2.04. The Morgan fingerprint density at radius 2 is 2.24 bits per heavy atom. The molecule has 2 N–H and O–H groups in total. The number of benzene rings is 1. The number of nitrogens with two attached hydrogens (primary N) is 1. The summed E-state index contributed by atoms with van der Waals surface area (Å²) >= 11 is 0. The molecule has 2 rings (SSSR count). The van der Waals surface area contributed by atoms with E-state index in [1.807, 2.05) is 31.5 Å². The molecule has 3 nitrogen and oxygen atoms in total. The number of nitrogens with zero attached hydrogens (tertiary/aromatic N) is 2. The van der Waals surface area contributed by atoms with E-state index in [0.717, 1.165) is 30.4 Å². The number of aromatic nitrogens is 2. The van der Waals surface area contributed by atoms with Crippen LogP contribution in [0.3, 0.4) is 0 Å². The topological polar surface area (TPSA) is 43.8 Å². The first-order valence-corrected chi connectivity index (χ1v) is 5.86. The summed E-state index contributed by atoms with van der Waals surface area (Å²) < 4.78 is 2.11. The Hall–Kier alpha value is -1.79. The Morgan fingerprint density at radius 3 is 3.06 bits per heavy atom. The summed E-state index contributed by atoms with van der Waals surface area (Å²) in [7, 11) is 0. The number of para-hydroxylation sites is 2. The fourth-order valence-corrected chi connectivity index (χ4v) is 1.88. The van der Waals surface area contributed by atoms with Crippen LogP contribution in [0.2, 0.25) is 0 Å². The van der Waals surface area contributed by atoms with Crippen LogP contribution in [0, 0.1) is 11.8 Å². The molecule has 0 aliphatic carbocycles. The highest BCUT2D eigenvalue weighted by molar-refractivity contribution is 5.74. The van der Waals surface area contributed by atoms with Crippen molar-refractivity contribution in [2.45, 2.75) is 32.4 Å². The number of rotatable bonds is 4. The molecule has 1 heterocycles. The molecule has 0 amide bonds. The van der Waals surface area contributed by atoms with Gasteiger partial charge in [-0.25, -0.2) is 4.98 Å². The molecule has 0 saturated heterocycles. The lowest BCUT2D eigenvalue weighted by Gasteiger charge is -2.11. The minimum absolute atomic E-state index is 0.133. The Kier molecular flexibility index (Phi) is 3.79. The summed E-state index contributed by atoms with van der Waals surface area (Å²) in [6, 6.07) is 8.24. The van der Waals surface area contributed by atoms with Crippen LogP contribution in [0.25, 0.3) is 11.0 Å². The zero-order chi connectivity index (χ0) is 12.1. The third-order valence-corrected chi connectivity index (χ3v) is 2.78. The second-order valence-corrected chi connectivity index (χ2v) is 4.11. The molecule has 1 aromatic carbocycles. The predicted octanol–water partition coefficient (Wildman–Crippen LogP) is 2.17. The van der Waals surface area contributed by atoms with Crippen molar-refractivity contribution in [2.24, 2.45) is 5.73 Å². The lowest BCUT2D eigenvalue weighted by molar-refractivity contribution is 0.534. The van der Waals surface area contributed by atoms with Crippen molar-refractivity contribution in [3.8, 4) is 11.8 Å². The van der Waals surface area contributed by atoms with Gasteiger partial charge in [0.2, 0.25) is 0 Å². The normalized spacial score (nSPS) is 12.1. The smallest absolute Gasteiger partial charge is 0.0958 e. The predicted molar refractivity (Wildman–Crippen MR) is 70.4 cm³/mol. The van der Waals surface area contributed by atoms with Crippen molar-refractivity contribution >= 4 is 11.0 Å². The molecule has 1 aromatic heterocycles. The summed E-state index contributed by atoms with van der Waals surface area (Å²) in [5.74, 6) is 5.93. The van der Waals surface area contributed by atoms with Gasteiger partial charge in [0.15, 0.2) is 0 Å². The maximum absolute atomic E-state index is 6.08. The molecule has 3 heteroatoms. The molecule has 88 valence electrons. The first kappa shape index (κ1) is 11.7. The number of fused-ring (bicyclic) bond motifs is 1. The maximum atomic E-state index is 6.08. The van der Waals surface area contributed by atoms with Gasteiger partial charge in [-0.15, -0.1) is 11.8 Å². The fourth-order valence-electron chi connectivity index (χ4n) is 1.88. The van der Waals surface area contributed by atoms with Gasteiger partial charge in [-0.2, -0.15) is 0 Å². The summed E-state index contributed by atoms with van der Waals surface area (Å²) in [4.78, 5) is 4.35. The molecule has 0 bridgehead atoms. The molecular weight excluding hydrogens is 210 g/mol. The molecule has 0 spiro atoms. The lowest BCUT2D eigenvalue weighted by Crippen LogP contribution is -2.25. The number of imidazole rings is 1. The summed E-state index contributed by atoms with van der Waals surface area (Å²) in [5, 5.41) is 0. The van der Waals surface area contributed by atoms with E-state index in [1.54, 1.807) is 0 Å². The second-order valence-electron chi connectivity index (χ2n) is 4.11. The average Bonchev–Trinajstić information content (AvgIpc) is 2.73. The molecule has 0 aliphatic rings. The van der Waals surface area contributed by atoms with E-state index in [2.05, 4.69) is 27.5 Å². The minimum Gasteiger partial charge on any atom is -0.329 e. The third-order valence-electron chi connectivity index (χ3n) is 2.78. The standard InChI is InChI=1S/C14H17N3/c1-2-3-4-7-12(15)10-17-11-16-13-8-5-6-9-14(13)17/h5-6,8-9,11-12H,4,7,10,15H2,1H3. The van der Waals surface area contributed by atoms with Gasteiger partial charge < -0.3 is 10.3 Å². The van der Waals surface area contributed by atoms with Gasteiger partial charge in [0, 0.05) is 19.0 Å². The molecule has 17 heavy (non-hydrogen) atoms. The molecule has 2 aromatic rings. The van der Waals surface area contributed by atoms with Crippen molar-refractivity contribution < 1.29 is 0 Å². The van der Waals surface area contributed by atoms with E-state index in [-0.39, 0.29) is 6.04 Å². The van der Waals surface area contributed by atoms with Crippen LogP contribution in [0.1, 0.15) is 19.8 Å². The van der Waals surface area contributed by atoms with E-state index >= 15 is 0 Å². The van der Waals surface area contributed by atoms with Crippen molar-refractivity contribution in [3.63, 3.8) is 0 Å². The highest BCUT2D eigenvalue weighted by Crippen LogP contribution is 2.12. The molecule has 1 unspecified atom stereocenters. The minimum atomic E-state index is 0.133. The molecular formula is C14H17N3. The zero-order valence-corrected chi connectivity index (χ0v) is 10.1. The van der Waals surface area contributed by atoms with Crippen molar-refractivity contribution in [2.75, 3.05) is 0 Å². The van der Waals surface area contributed by atoms with Gasteiger partial charge in [-0.3, -0.25) is 0 Å². The third kappa shape index (κ3) is 2.86. The van der Waals surface area contributed by atoms with Crippen molar-refractivity contribution in [3.05, 3.63) is 30.6 Å². The lowest BCUT2D eigenvalue weighted by atomic mass is 10.1. The van der Waals surface area contributed by atoms with E-state index in [0.29, 0.717) is 0 Å². The molecule has 0 saturated carbocycles. The van der Waals surface area contributed by atoms with Crippen LogP contribution >= 0.6 is 0 Å². The van der Waals surface area contributed by atoms with Gasteiger partial charge in [-0.05, 0) is 25.5 Å². The largest absolute Gasteiger partial charge is 0.329 e. The van der Waals surface area contributed by atoms with Crippen molar-refractivity contribution in [1.82, 2.24) is 9.55 Å². The molecule has 1 atom stereocenters. The fraction of sp³-hybridized carbons (Fsp3) is 0.357. The monoisotopic (exact) mass is 227 g/mol. The van der Waals surface area contributed by atoms with Gasteiger partial charge in [-0.1, -0.05) is 12.1 Å². The maximum Gasteiger partial charge on any atom is 0.0958 e. The second kappa shape index (κ2) is 5.51. The van der Waals surface area contributed by atoms with Gasteiger partial charge in [0.05, 0.1) is 17.4 Å². The first-order chi connectivity index (χ1) is 8.31. The van der Waals surface area contributed by atoms with Crippen LogP contribution in [0.15, 0.2) is 30.6 Å². The summed E-state index contributed by atoms with van der Waals surface area (Å²) in [5.41, 5.74) is 8.24. The van der Waals surface area contributed by atoms with Gasteiger partial charge in [0.1, 0.15) is 0 Å². The Morgan fingerprint density at radius 1 is 1.41 bits per heavy atom. The number of hydrogen-bond donors (Lipinski definition) is 1. The van der Waals surface area contributed by atoms with Crippen LogP contribution in [0.5, 0.6) is 0 Å². The summed E-state index contributed by atoms with van der Waals surface area (Å²) in [6.07, 6.45) is 3.65. The Bertz CT molecular complexity index is 545. The SMILES string of the molecule is CC#CCCC(N)Cn1cnc2ccccc21. The van der Waals surface area contributed by atoms with Gasteiger partial charge >= 0.3 is 0 Å². The first-order valence-electron chi connectivity index (χ1n) is 5.86. The molecule has 0 fully saturated rings. The van der Waals surface area contributed by atoms with E-state index in [4.69, 9.17) is 5.73 Å². The highest BCUT2D eigenvalue weighted by atomic mass is 15.1. The zero-order valence-electron chi connectivity index (χ0n) is 10.1. The average molecular weight is 227 g/mol.